The first-order valence-electron chi connectivity index (χ1n) is 6.35. The van der Waals surface area contributed by atoms with Crippen LogP contribution in [0.4, 0.5) is 0 Å². The lowest BCUT2D eigenvalue weighted by molar-refractivity contribution is -0.139. The number of halogens is 1. The van der Waals surface area contributed by atoms with Gasteiger partial charge in [-0.1, -0.05) is 41.6 Å². The molecule has 0 saturated carbocycles. The largest absolute Gasteiger partial charge is 0.468 e. The number of ether oxygens (including phenoxy) is 1. The van der Waals surface area contributed by atoms with Crippen LogP contribution in [0, 0.1) is 0 Å². The van der Waals surface area contributed by atoms with E-state index in [0.717, 1.165) is 26.7 Å². The molecule has 0 unspecified atom stereocenters. The van der Waals surface area contributed by atoms with Crippen LogP contribution in [0.5, 0.6) is 0 Å². The standard InChI is InChI=1S/C14H11ClN2O3S2/c1-7(13(18)19-2)21-14-17-16-12(20-14)11-10(15)8-5-3-4-6-9(8)22-11/h3-7H,1-2H3/t7-/m0/s1. The van der Waals surface area contributed by atoms with Crippen LogP contribution < -0.4 is 0 Å². The van der Waals surface area contributed by atoms with Gasteiger partial charge in [-0.3, -0.25) is 4.79 Å². The zero-order valence-electron chi connectivity index (χ0n) is 11.7. The lowest BCUT2D eigenvalue weighted by Crippen LogP contribution is -2.14. The third-order valence-electron chi connectivity index (χ3n) is 2.95. The fourth-order valence-electron chi connectivity index (χ4n) is 1.87. The number of fused-ring (bicyclic) bond motifs is 1. The molecule has 0 radical (unpaired) electrons. The van der Waals surface area contributed by atoms with E-state index >= 15 is 0 Å². The van der Waals surface area contributed by atoms with Gasteiger partial charge in [0.05, 0.1) is 12.1 Å². The van der Waals surface area contributed by atoms with Crippen molar-refractivity contribution in [3.05, 3.63) is 29.3 Å². The van der Waals surface area contributed by atoms with E-state index < -0.39 is 5.25 Å². The van der Waals surface area contributed by atoms with E-state index in [0.29, 0.717) is 16.1 Å². The maximum Gasteiger partial charge on any atom is 0.319 e. The van der Waals surface area contributed by atoms with Crippen LogP contribution in [-0.2, 0) is 9.53 Å². The summed E-state index contributed by atoms with van der Waals surface area (Å²) < 4.78 is 11.3. The molecule has 0 aliphatic carbocycles. The van der Waals surface area contributed by atoms with Gasteiger partial charge in [0, 0.05) is 10.1 Å². The van der Waals surface area contributed by atoms with Crippen molar-refractivity contribution in [1.29, 1.82) is 0 Å². The van der Waals surface area contributed by atoms with Gasteiger partial charge in [-0.15, -0.1) is 21.5 Å². The lowest BCUT2D eigenvalue weighted by Gasteiger charge is -2.04. The molecule has 3 aromatic rings. The summed E-state index contributed by atoms with van der Waals surface area (Å²) in [5.74, 6) is 0.00964. The summed E-state index contributed by atoms with van der Waals surface area (Å²) in [6.45, 7) is 1.72. The number of aromatic nitrogens is 2. The Morgan fingerprint density at radius 1 is 1.41 bits per heavy atom. The summed E-state index contributed by atoms with van der Waals surface area (Å²) in [6.07, 6.45) is 0. The van der Waals surface area contributed by atoms with Crippen LogP contribution in [0.15, 0.2) is 33.9 Å². The Morgan fingerprint density at radius 2 is 2.18 bits per heavy atom. The highest BCUT2D eigenvalue weighted by molar-refractivity contribution is 8.00. The zero-order chi connectivity index (χ0) is 15.7. The monoisotopic (exact) mass is 354 g/mol. The molecule has 0 aliphatic heterocycles. The second-order valence-corrected chi connectivity index (χ2v) is 7.12. The lowest BCUT2D eigenvalue weighted by atomic mass is 10.2. The molecule has 1 aromatic carbocycles. The molecule has 2 heterocycles. The Kier molecular flexibility index (Phi) is 4.37. The predicted octanol–water partition coefficient (Wildman–Crippen LogP) is 4.26. The molecule has 0 N–H and O–H groups in total. The number of rotatable bonds is 4. The van der Waals surface area contributed by atoms with E-state index in [1.807, 2.05) is 24.3 Å². The number of hydrogen-bond donors (Lipinski definition) is 0. The molecule has 5 nitrogen and oxygen atoms in total. The van der Waals surface area contributed by atoms with Crippen LogP contribution in [0.3, 0.4) is 0 Å². The molecule has 0 saturated heterocycles. The van der Waals surface area contributed by atoms with E-state index in [1.54, 1.807) is 6.92 Å². The summed E-state index contributed by atoms with van der Waals surface area (Å²) in [4.78, 5) is 12.1. The van der Waals surface area contributed by atoms with Crippen LogP contribution in [0.25, 0.3) is 20.9 Å². The Balaban J connectivity index is 1.89. The summed E-state index contributed by atoms with van der Waals surface area (Å²) in [6, 6.07) is 7.81. The summed E-state index contributed by atoms with van der Waals surface area (Å²) >= 11 is 9.02. The fourth-order valence-corrected chi connectivity index (χ4v) is 4.01. The van der Waals surface area contributed by atoms with Gasteiger partial charge < -0.3 is 9.15 Å². The van der Waals surface area contributed by atoms with E-state index in [-0.39, 0.29) is 5.97 Å². The first-order chi connectivity index (χ1) is 10.6. The van der Waals surface area contributed by atoms with Crippen molar-refractivity contribution in [1.82, 2.24) is 10.2 Å². The Hall–Kier alpha value is -1.57. The van der Waals surface area contributed by atoms with Gasteiger partial charge in [0.1, 0.15) is 10.1 Å². The second kappa shape index (κ2) is 6.28. The highest BCUT2D eigenvalue weighted by Crippen LogP contribution is 2.41. The van der Waals surface area contributed by atoms with Crippen molar-refractivity contribution in [3.63, 3.8) is 0 Å². The maximum absolute atomic E-state index is 11.4. The molecular weight excluding hydrogens is 344 g/mol. The number of carbonyl (C=O) groups is 1. The molecule has 0 spiro atoms. The Labute approximate surface area is 139 Å². The molecule has 2 aromatic heterocycles. The van der Waals surface area contributed by atoms with Crippen LogP contribution in [-0.4, -0.2) is 28.5 Å². The first kappa shape index (κ1) is 15.3. The Bertz CT molecular complexity index is 830. The minimum atomic E-state index is -0.420. The van der Waals surface area contributed by atoms with E-state index in [4.69, 9.17) is 16.0 Å². The average molecular weight is 355 g/mol. The van der Waals surface area contributed by atoms with Crippen LogP contribution in [0.2, 0.25) is 5.02 Å². The van der Waals surface area contributed by atoms with Gasteiger partial charge in [0.15, 0.2) is 0 Å². The van der Waals surface area contributed by atoms with Crippen molar-refractivity contribution in [2.45, 2.75) is 17.4 Å². The van der Waals surface area contributed by atoms with Gasteiger partial charge in [0.2, 0.25) is 0 Å². The molecular formula is C14H11ClN2O3S2. The Morgan fingerprint density at radius 3 is 2.91 bits per heavy atom. The highest BCUT2D eigenvalue weighted by Gasteiger charge is 2.21. The fraction of sp³-hybridized carbons (Fsp3) is 0.214. The number of carbonyl (C=O) groups excluding carboxylic acids is 1. The highest BCUT2D eigenvalue weighted by atomic mass is 35.5. The van der Waals surface area contributed by atoms with Crippen molar-refractivity contribution in [2.75, 3.05) is 7.11 Å². The smallest absolute Gasteiger partial charge is 0.319 e. The minimum absolute atomic E-state index is 0.307. The zero-order valence-corrected chi connectivity index (χ0v) is 14.1. The van der Waals surface area contributed by atoms with Gasteiger partial charge in [-0.2, -0.15) is 0 Å². The van der Waals surface area contributed by atoms with E-state index in [1.165, 1.54) is 18.4 Å². The van der Waals surface area contributed by atoms with Crippen molar-refractivity contribution >= 4 is 50.8 Å². The summed E-state index contributed by atoms with van der Waals surface area (Å²) in [5, 5.41) is 9.41. The van der Waals surface area contributed by atoms with Crippen molar-refractivity contribution in [2.24, 2.45) is 0 Å². The number of benzene rings is 1. The normalized spacial score (nSPS) is 12.5. The minimum Gasteiger partial charge on any atom is -0.468 e. The molecule has 0 amide bonds. The average Bonchev–Trinajstić information content (AvgIpc) is 3.11. The number of hydrogen-bond acceptors (Lipinski definition) is 7. The van der Waals surface area contributed by atoms with Gasteiger partial charge in [-0.05, 0) is 13.0 Å². The van der Waals surface area contributed by atoms with Crippen molar-refractivity contribution < 1.29 is 13.9 Å². The molecule has 114 valence electrons. The van der Waals surface area contributed by atoms with Gasteiger partial charge in [0.25, 0.3) is 11.1 Å². The van der Waals surface area contributed by atoms with Gasteiger partial charge in [-0.25, -0.2) is 0 Å². The number of thiophene rings is 1. The van der Waals surface area contributed by atoms with Gasteiger partial charge >= 0.3 is 5.97 Å². The number of nitrogens with zero attached hydrogens (tertiary/aromatic N) is 2. The van der Waals surface area contributed by atoms with Crippen LogP contribution >= 0.6 is 34.7 Å². The molecule has 0 aliphatic rings. The maximum atomic E-state index is 11.4. The topological polar surface area (TPSA) is 65.2 Å². The quantitative estimate of drug-likeness (QED) is 0.515. The molecule has 0 fully saturated rings. The third kappa shape index (κ3) is 2.84. The number of thioether (sulfide) groups is 1. The molecule has 1 atom stereocenters. The molecule has 3 rings (SSSR count). The number of methoxy groups -OCH3 is 1. The van der Waals surface area contributed by atoms with E-state index in [2.05, 4.69) is 14.9 Å². The molecule has 8 heteroatoms. The summed E-state index contributed by atoms with van der Waals surface area (Å²) in [7, 11) is 1.34. The third-order valence-corrected chi connectivity index (χ3v) is 5.52. The number of esters is 1. The summed E-state index contributed by atoms with van der Waals surface area (Å²) in [5.41, 5.74) is 0. The molecule has 22 heavy (non-hydrogen) atoms. The second-order valence-electron chi connectivity index (χ2n) is 4.40. The van der Waals surface area contributed by atoms with Crippen LogP contribution in [0.1, 0.15) is 6.92 Å². The predicted molar refractivity (Wildman–Crippen MR) is 87.5 cm³/mol. The van der Waals surface area contributed by atoms with E-state index in [9.17, 15) is 4.79 Å². The first-order valence-corrected chi connectivity index (χ1v) is 8.43. The SMILES string of the molecule is COC(=O)[C@H](C)Sc1nnc(-c2sc3ccccc3c2Cl)o1. The van der Waals surface area contributed by atoms with Crippen molar-refractivity contribution in [3.8, 4) is 10.8 Å². The molecule has 0 bridgehead atoms.